The molecule has 1 N–H and O–H groups in total. The zero-order valence-electron chi connectivity index (χ0n) is 9.39. The third-order valence-electron chi connectivity index (χ3n) is 3.48. The SMILES string of the molecule is CNCC1c2ccc(Cl)cc2CCC1C. The predicted molar refractivity (Wildman–Crippen MR) is 65.6 cm³/mol. The van der Waals surface area contributed by atoms with Gasteiger partial charge in [0.05, 0.1) is 0 Å². The fourth-order valence-electron chi connectivity index (χ4n) is 2.57. The molecule has 0 radical (unpaired) electrons. The molecule has 15 heavy (non-hydrogen) atoms. The number of fused-ring (bicyclic) bond motifs is 1. The summed E-state index contributed by atoms with van der Waals surface area (Å²) in [5.41, 5.74) is 2.94. The lowest BCUT2D eigenvalue weighted by Crippen LogP contribution is -2.27. The molecule has 0 aliphatic heterocycles. The van der Waals surface area contributed by atoms with E-state index in [2.05, 4.69) is 24.4 Å². The van der Waals surface area contributed by atoms with Crippen LogP contribution in [0.25, 0.3) is 0 Å². The number of likely N-dealkylation sites (N-methyl/N-ethyl adjacent to an activating group) is 1. The number of hydrogen-bond donors (Lipinski definition) is 1. The molecule has 1 aromatic rings. The Morgan fingerprint density at radius 2 is 2.27 bits per heavy atom. The second kappa shape index (κ2) is 4.54. The average molecular weight is 224 g/mol. The van der Waals surface area contributed by atoms with Crippen LogP contribution >= 0.6 is 11.6 Å². The van der Waals surface area contributed by atoms with Gasteiger partial charge in [-0.1, -0.05) is 24.6 Å². The lowest BCUT2D eigenvalue weighted by atomic mass is 9.76. The highest BCUT2D eigenvalue weighted by Crippen LogP contribution is 2.36. The van der Waals surface area contributed by atoms with E-state index in [4.69, 9.17) is 11.6 Å². The highest BCUT2D eigenvalue weighted by atomic mass is 35.5. The van der Waals surface area contributed by atoms with Gasteiger partial charge >= 0.3 is 0 Å². The lowest BCUT2D eigenvalue weighted by molar-refractivity contribution is 0.393. The van der Waals surface area contributed by atoms with Crippen LogP contribution in [0.2, 0.25) is 5.02 Å². The van der Waals surface area contributed by atoms with E-state index in [0.29, 0.717) is 5.92 Å². The highest BCUT2D eigenvalue weighted by molar-refractivity contribution is 6.30. The van der Waals surface area contributed by atoms with E-state index in [-0.39, 0.29) is 0 Å². The summed E-state index contributed by atoms with van der Waals surface area (Å²) in [4.78, 5) is 0. The molecule has 0 heterocycles. The van der Waals surface area contributed by atoms with Crippen LogP contribution in [0.4, 0.5) is 0 Å². The van der Waals surface area contributed by atoms with Crippen LogP contribution in [0, 0.1) is 5.92 Å². The van der Waals surface area contributed by atoms with Crippen molar-refractivity contribution in [1.82, 2.24) is 5.32 Å². The van der Waals surface area contributed by atoms with Crippen LogP contribution in [0.15, 0.2) is 18.2 Å². The Labute approximate surface area is 96.8 Å². The molecule has 0 bridgehead atoms. The third kappa shape index (κ3) is 2.19. The largest absolute Gasteiger partial charge is 0.319 e. The minimum atomic E-state index is 0.649. The van der Waals surface area contributed by atoms with Crippen LogP contribution in [-0.4, -0.2) is 13.6 Å². The number of halogens is 1. The first-order valence-electron chi connectivity index (χ1n) is 5.65. The van der Waals surface area contributed by atoms with Crippen LogP contribution in [0.3, 0.4) is 0 Å². The third-order valence-corrected chi connectivity index (χ3v) is 3.72. The van der Waals surface area contributed by atoms with Crippen molar-refractivity contribution < 1.29 is 0 Å². The molecule has 0 saturated heterocycles. The fourth-order valence-corrected chi connectivity index (χ4v) is 2.77. The van der Waals surface area contributed by atoms with Gasteiger partial charge in [-0.05, 0) is 55.0 Å². The van der Waals surface area contributed by atoms with Crippen molar-refractivity contribution in [3.05, 3.63) is 34.3 Å². The molecule has 0 aromatic heterocycles. The van der Waals surface area contributed by atoms with Gasteiger partial charge in [-0.25, -0.2) is 0 Å². The summed E-state index contributed by atoms with van der Waals surface area (Å²) in [6, 6.07) is 6.35. The van der Waals surface area contributed by atoms with E-state index in [1.165, 1.54) is 24.0 Å². The van der Waals surface area contributed by atoms with Gasteiger partial charge in [0.2, 0.25) is 0 Å². The summed E-state index contributed by atoms with van der Waals surface area (Å²) < 4.78 is 0. The maximum atomic E-state index is 6.02. The van der Waals surface area contributed by atoms with Crippen molar-refractivity contribution >= 4 is 11.6 Å². The van der Waals surface area contributed by atoms with Gasteiger partial charge in [0.25, 0.3) is 0 Å². The van der Waals surface area contributed by atoms with E-state index >= 15 is 0 Å². The Hall–Kier alpha value is -0.530. The van der Waals surface area contributed by atoms with Crippen molar-refractivity contribution in [3.8, 4) is 0 Å². The molecule has 0 spiro atoms. The van der Waals surface area contributed by atoms with Gasteiger partial charge < -0.3 is 5.32 Å². The predicted octanol–water partition coefficient (Wildman–Crippen LogP) is 3.23. The summed E-state index contributed by atoms with van der Waals surface area (Å²) in [6.07, 6.45) is 2.46. The molecule has 2 unspecified atom stereocenters. The molecular formula is C13H18ClN. The quantitative estimate of drug-likeness (QED) is 0.812. The van der Waals surface area contributed by atoms with Crippen molar-refractivity contribution in [2.45, 2.75) is 25.7 Å². The molecule has 0 amide bonds. The maximum absolute atomic E-state index is 6.02. The number of nitrogens with one attached hydrogen (secondary N) is 1. The van der Waals surface area contributed by atoms with Crippen molar-refractivity contribution in [2.24, 2.45) is 5.92 Å². The minimum absolute atomic E-state index is 0.649. The van der Waals surface area contributed by atoms with Crippen LogP contribution in [-0.2, 0) is 6.42 Å². The van der Waals surface area contributed by atoms with Gasteiger partial charge in [-0.2, -0.15) is 0 Å². The van der Waals surface area contributed by atoms with E-state index in [1.807, 2.05) is 13.1 Å². The van der Waals surface area contributed by atoms with Crippen molar-refractivity contribution in [3.63, 3.8) is 0 Å². The van der Waals surface area contributed by atoms with E-state index in [9.17, 15) is 0 Å². The average Bonchev–Trinajstić information content (AvgIpc) is 2.22. The molecular weight excluding hydrogens is 206 g/mol. The van der Waals surface area contributed by atoms with Gasteiger partial charge in [0, 0.05) is 11.6 Å². The summed E-state index contributed by atoms with van der Waals surface area (Å²) in [5, 5.41) is 4.16. The second-order valence-electron chi connectivity index (χ2n) is 4.52. The first-order valence-corrected chi connectivity index (χ1v) is 6.03. The molecule has 2 atom stereocenters. The summed E-state index contributed by atoms with van der Waals surface area (Å²) in [7, 11) is 2.02. The van der Waals surface area contributed by atoms with Crippen molar-refractivity contribution in [1.29, 1.82) is 0 Å². The first-order chi connectivity index (χ1) is 7.22. The molecule has 1 aliphatic carbocycles. The van der Waals surface area contributed by atoms with E-state index in [1.54, 1.807) is 0 Å². The van der Waals surface area contributed by atoms with Gasteiger partial charge in [0.1, 0.15) is 0 Å². The Bertz CT molecular complexity index is 348. The zero-order valence-corrected chi connectivity index (χ0v) is 10.1. The normalized spacial score (nSPS) is 25.0. The van der Waals surface area contributed by atoms with E-state index in [0.717, 1.165) is 17.5 Å². The molecule has 2 heteroatoms. The highest BCUT2D eigenvalue weighted by Gasteiger charge is 2.25. The topological polar surface area (TPSA) is 12.0 Å². The lowest BCUT2D eigenvalue weighted by Gasteiger charge is -2.31. The maximum Gasteiger partial charge on any atom is 0.0408 e. The summed E-state index contributed by atoms with van der Waals surface area (Å²) in [6.45, 7) is 3.41. The zero-order chi connectivity index (χ0) is 10.8. The van der Waals surface area contributed by atoms with Gasteiger partial charge in [-0.3, -0.25) is 0 Å². The van der Waals surface area contributed by atoms with Crippen LogP contribution < -0.4 is 5.32 Å². The summed E-state index contributed by atoms with van der Waals surface area (Å²) in [5.74, 6) is 1.42. The van der Waals surface area contributed by atoms with Gasteiger partial charge in [0.15, 0.2) is 0 Å². The molecule has 82 valence electrons. The Kier molecular flexibility index (Phi) is 3.32. The number of aryl methyl sites for hydroxylation is 1. The fraction of sp³-hybridized carbons (Fsp3) is 0.538. The number of rotatable bonds is 2. The molecule has 1 aromatic carbocycles. The number of hydrogen-bond acceptors (Lipinski definition) is 1. The molecule has 0 fully saturated rings. The first kappa shape index (κ1) is 11.0. The van der Waals surface area contributed by atoms with Crippen molar-refractivity contribution in [2.75, 3.05) is 13.6 Å². The second-order valence-corrected chi connectivity index (χ2v) is 4.96. The smallest absolute Gasteiger partial charge is 0.0408 e. The minimum Gasteiger partial charge on any atom is -0.319 e. The van der Waals surface area contributed by atoms with Crippen LogP contribution in [0.1, 0.15) is 30.4 Å². The number of benzene rings is 1. The van der Waals surface area contributed by atoms with Gasteiger partial charge in [-0.15, -0.1) is 0 Å². The monoisotopic (exact) mass is 223 g/mol. The summed E-state index contributed by atoms with van der Waals surface area (Å²) >= 11 is 6.02. The Morgan fingerprint density at radius 1 is 1.47 bits per heavy atom. The standard InChI is InChI=1S/C13H18ClN/c1-9-3-4-10-7-11(14)5-6-12(10)13(9)8-15-2/h5-7,9,13,15H,3-4,8H2,1-2H3. The Balaban J connectivity index is 2.34. The van der Waals surface area contributed by atoms with E-state index < -0.39 is 0 Å². The molecule has 0 saturated carbocycles. The molecule has 1 nitrogen and oxygen atoms in total. The Morgan fingerprint density at radius 3 is 3.00 bits per heavy atom. The van der Waals surface area contributed by atoms with Crippen LogP contribution in [0.5, 0.6) is 0 Å². The molecule has 2 rings (SSSR count). The molecule has 1 aliphatic rings.